The van der Waals surface area contributed by atoms with Crippen LogP contribution in [0.2, 0.25) is 0 Å². The highest BCUT2D eigenvalue weighted by Crippen LogP contribution is 2.25. The molecule has 0 spiro atoms. The fourth-order valence-corrected chi connectivity index (χ4v) is 5.71. The van der Waals surface area contributed by atoms with Crippen LogP contribution in [0, 0.1) is 0 Å². The van der Waals surface area contributed by atoms with E-state index in [1.807, 2.05) is 0 Å². The maximum atomic E-state index is 13.3. The molecular formula is C19H15N3O3S2. The Bertz CT molecular complexity index is 1220. The third kappa shape index (κ3) is 3.29. The molecule has 0 aliphatic heterocycles. The van der Waals surface area contributed by atoms with Gasteiger partial charge in [-0.2, -0.15) is 0 Å². The Morgan fingerprint density at radius 1 is 0.889 bits per heavy atom. The van der Waals surface area contributed by atoms with Crippen LogP contribution in [-0.4, -0.2) is 26.6 Å². The Balaban J connectivity index is 1.89. The first-order valence-corrected chi connectivity index (χ1v) is 10.9. The van der Waals surface area contributed by atoms with E-state index < -0.39 is 20.8 Å². The van der Waals surface area contributed by atoms with Crippen LogP contribution >= 0.6 is 0 Å². The van der Waals surface area contributed by atoms with Crippen molar-refractivity contribution in [2.24, 2.45) is 0 Å². The van der Waals surface area contributed by atoms with Gasteiger partial charge in [-0.25, -0.2) is 17.4 Å². The van der Waals surface area contributed by atoms with Gasteiger partial charge in [0.1, 0.15) is 0 Å². The Kier molecular flexibility index (Phi) is 4.59. The molecule has 4 aromatic rings. The molecule has 0 N–H and O–H groups in total. The summed E-state index contributed by atoms with van der Waals surface area (Å²) in [5.41, 5.74) is 1.47. The van der Waals surface area contributed by atoms with Crippen molar-refractivity contribution in [2.45, 2.75) is 15.8 Å². The molecule has 136 valence electrons. The zero-order valence-electron chi connectivity index (χ0n) is 14.1. The monoisotopic (exact) mass is 397 g/mol. The summed E-state index contributed by atoms with van der Waals surface area (Å²) in [6.45, 7) is 0. The lowest BCUT2D eigenvalue weighted by atomic mass is 10.3. The van der Waals surface area contributed by atoms with E-state index in [4.69, 9.17) is 0 Å². The Morgan fingerprint density at radius 2 is 1.59 bits per heavy atom. The molecule has 0 radical (unpaired) electrons. The Hall–Kier alpha value is -2.84. The number of aromatic nitrogens is 3. The zero-order chi connectivity index (χ0) is 18.9. The SMILES string of the molecule is O=S(Cc1ccccn1)c1nc2ccccc2n1S(=O)(=O)c1ccccc1. The minimum atomic E-state index is -3.95. The smallest absolute Gasteiger partial charge is 0.260 e. The van der Waals surface area contributed by atoms with Crippen molar-refractivity contribution < 1.29 is 12.6 Å². The van der Waals surface area contributed by atoms with Gasteiger partial charge < -0.3 is 0 Å². The lowest BCUT2D eigenvalue weighted by Crippen LogP contribution is -2.17. The molecule has 6 nitrogen and oxygen atoms in total. The summed E-state index contributed by atoms with van der Waals surface area (Å²) >= 11 is 0. The van der Waals surface area contributed by atoms with Gasteiger partial charge in [0.25, 0.3) is 10.0 Å². The highest BCUT2D eigenvalue weighted by Gasteiger charge is 2.27. The second-order valence-electron chi connectivity index (χ2n) is 5.78. The van der Waals surface area contributed by atoms with E-state index >= 15 is 0 Å². The fourth-order valence-electron chi connectivity index (χ4n) is 2.74. The lowest BCUT2D eigenvalue weighted by Gasteiger charge is -2.10. The molecule has 2 heterocycles. The molecule has 27 heavy (non-hydrogen) atoms. The van der Waals surface area contributed by atoms with Crippen molar-refractivity contribution in [3.05, 3.63) is 84.7 Å². The molecule has 1 atom stereocenters. The maximum Gasteiger partial charge on any atom is 0.270 e. The molecular weight excluding hydrogens is 382 g/mol. The number of hydrogen-bond acceptors (Lipinski definition) is 5. The molecule has 2 aromatic carbocycles. The first-order valence-electron chi connectivity index (χ1n) is 8.14. The van der Waals surface area contributed by atoms with Crippen LogP contribution in [0.15, 0.2) is 89.0 Å². The Labute approximate surface area is 159 Å². The highest BCUT2D eigenvalue weighted by atomic mass is 32.2. The van der Waals surface area contributed by atoms with Crippen molar-refractivity contribution in [3.63, 3.8) is 0 Å². The van der Waals surface area contributed by atoms with Gasteiger partial charge >= 0.3 is 0 Å². The van der Waals surface area contributed by atoms with Crippen molar-refractivity contribution in [1.29, 1.82) is 0 Å². The molecule has 0 aliphatic rings. The Morgan fingerprint density at radius 3 is 2.33 bits per heavy atom. The van der Waals surface area contributed by atoms with Crippen molar-refractivity contribution in [3.8, 4) is 0 Å². The second-order valence-corrected chi connectivity index (χ2v) is 8.91. The summed E-state index contributed by atoms with van der Waals surface area (Å²) in [5.74, 6) is 0.0778. The molecule has 1 unspecified atom stereocenters. The third-order valence-electron chi connectivity index (χ3n) is 3.98. The van der Waals surface area contributed by atoms with E-state index in [-0.39, 0.29) is 15.8 Å². The van der Waals surface area contributed by atoms with Crippen molar-refractivity contribution in [2.75, 3.05) is 0 Å². The summed E-state index contributed by atoms with van der Waals surface area (Å²) in [7, 11) is -5.64. The molecule has 8 heteroatoms. The summed E-state index contributed by atoms with van der Waals surface area (Å²) in [4.78, 5) is 8.64. The van der Waals surface area contributed by atoms with Crippen LogP contribution in [-0.2, 0) is 26.6 Å². The van der Waals surface area contributed by atoms with Crippen LogP contribution in [0.5, 0.6) is 0 Å². The quantitative estimate of drug-likeness (QED) is 0.517. The van der Waals surface area contributed by atoms with E-state index in [9.17, 15) is 12.6 Å². The van der Waals surface area contributed by atoms with Gasteiger partial charge in [0, 0.05) is 6.20 Å². The zero-order valence-corrected chi connectivity index (χ0v) is 15.7. The number of imidazole rings is 1. The average molecular weight is 397 g/mol. The maximum absolute atomic E-state index is 13.3. The standard InChI is InChI=1S/C19H15N3O3S2/c23-26(14-15-8-6-7-13-20-15)19-21-17-11-4-5-12-18(17)22(19)27(24,25)16-9-2-1-3-10-16/h1-13H,14H2. The van der Waals surface area contributed by atoms with Gasteiger partial charge in [0.15, 0.2) is 0 Å². The normalized spacial score (nSPS) is 12.9. The molecule has 4 rings (SSSR count). The van der Waals surface area contributed by atoms with Crippen LogP contribution in [0.4, 0.5) is 0 Å². The van der Waals surface area contributed by atoms with E-state index in [0.29, 0.717) is 16.7 Å². The number of hydrogen-bond donors (Lipinski definition) is 0. The van der Waals surface area contributed by atoms with Crippen molar-refractivity contribution >= 4 is 31.9 Å². The topological polar surface area (TPSA) is 81.9 Å². The first-order chi connectivity index (χ1) is 13.1. The molecule has 0 bridgehead atoms. The van der Waals surface area contributed by atoms with E-state index in [1.165, 1.54) is 12.1 Å². The predicted molar refractivity (Wildman–Crippen MR) is 103 cm³/mol. The number of rotatable bonds is 5. The number of fused-ring (bicyclic) bond motifs is 1. The summed E-state index contributed by atoms with van der Waals surface area (Å²) in [5, 5.41) is -0.00861. The van der Waals surface area contributed by atoms with Crippen molar-refractivity contribution in [1.82, 2.24) is 13.9 Å². The summed E-state index contributed by atoms with van der Waals surface area (Å²) < 4.78 is 40.6. The van der Waals surface area contributed by atoms with Gasteiger partial charge in [-0.05, 0) is 36.4 Å². The number of nitrogens with zero attached hydrogens (tertiary/aromatic N) is 3. The lowest BCUT2D eigenvalue weighted by molar-refractivity contribution is 0.582. The van der Waals surface area contributed by atoms with E-state index in [1.54, 1.807) is 66.9 Å². The van der Waals surface area contributed by atoms with Gasteiger partial charge in [-0.1, -0.05) is 36.4 Å². The summed E-state index contributed by atoms with van der Waals surface area (Å²) in [6, 6.07) is 20.2. The second kappa shape index (κ2) is 7.05. The molecule has 0 saturated carbocycles. The molecule has 0 saturated heterocycles. The number of benzene rings is 2. The van der Waals surface area contributed by atoms with Gasteiger partial charge in [-0.15, -0.1) is 0 Å². The predicted octanol–water partition coefficient (Wildman–Crippen LogP) is 2.98. The fraction of sp³-hybridized carbons (Fsp3) is 0.0526. The minimum Gasteiger partial charge on any atom is -0.260 e. The van der Waals surface area contributed by atoms with Crippen LogP contribution in [0.25, 0.3) is 11.0 Å². The highest BCUT2D eigenvalue weighted by molar-refractivity contribution is 7.91. The van der Waals surface area contributed by atoms with E-state index in [2.05, 4.69) is 9.97 Å². The molecule has 0 aliphatic carbocycles. The van der Waals surface area contributed by atoms with Gasteiger partial charge in [0.05, 0.1) is 38.2 Å². The third-order valence-corrected chi connectivity index (χ3v) is 7.05. The summed E-state index contributed by atoms with van der Waals surface area (Å²) in [6.07, 6.45) is 1.61. The van der Waals surface area contributed by atoms with Crippen LogP contribution in [0.1, 0.15) is 5.69 Å². The molecule has 0 amide bonds. The first kappa shape index (κ1) is 17.6. The molecule has 2 aromatic heterocycles. The number of pyridine rings is 1. The molecule has 0 fully saturated rings. The van der Waals surface area contributed by atoms with E-state index in [0.717, 1.165) is 3.97 Å². The van der Waals surface area contributed by atoms with Crippen LogP contribution in [0.3, 0.4) is 0 Å². The number of para-hydroxylation sites is 2. The van der Waals surface area contributed by atoms with Gasteiger partial charge in [0.2, 0.25) is 5.16 Å². The average Bonchev–Trinajstić information content (AvgIpc) is 3.10. The van der Waals surface area contributed by atoms with Crippen LogP contribution < -0.4 is 0 Å². The minimum absolute atomic E-state index is 0.00861. The van der Waals surface area contributed by atoms with Gasteiger partial charge in [-0.3, -0.25) is 9.19 Å². The largest absolute Gasteiger partial charge is 0.270 e.